The summed E-state index contributed by atoms with van der Waals surface area (Å²) in [5, 5.41) is 120. The van der Waals surface area contributed by atoms with E-state index in [-0.39, 0.29) is 82.8 Å². The summed E-state index contributed by atoms with van der Waals surface area (Å²) in [4.78, 5) is 120. The highest BCUT2D eigenvalue weighted by Gasteiger charge is 2.52. The Balaban J connectivity index is 1.04. The van der Waals surface area contributed by atoms with Crippen LogP contribution in [-0.2, 0) is 59.2 Å². The number of nitrogens with two attached hydrogens (primary N) is 3. The summed E-state index contributed by atoms with van der Waals surface area (Å²) < 4.78 is 46.1. The number of phenols is 3. The zero-order valence-electron chi connectivity index (χ0n) is 66.2. The lowest BCUT2D eigenvalue weighted by atomic mass is 9.84. The number of phenolic OH excluding ortho intramolecular Hbond substituents is 3. The first-order valence-corrected chi connectivity index (χ1v) is 40.5. The summed E-state index contributed by atoms with van der Waals surface area (Å²) in [6.45, 7) is 6.72. The Morgan fingerprint density at radius 3 is 1.98 bits per heavy atom. The Kier molecular flexibility index (Phi) is 28.9. The molecule has 18 atom stereocenters. The van der Waals surface area contributed by atoms with Gasteiger partial charge in [0.1, 0.15) is 114 Å². The molecule has 0 aromatic heterocycles. The van der Waals surface area contributed by atoms with E-state index in [2.05, 4.69) is 47.9 Å². The van der Waals surface area contributed by atoms with Gasteiger partial charge in [0, 0.05) is 48.5 Å². The average molecular weight is 1770 g/mol. The van der Waals surface area contributed by atoms with Gasteiger partial charge in [0.25, 0.3) is 0 Å². The largest absolute Gasteiger partial charge is 0.508 e. The predicted molar refractivity (Wildman–Crippen MR) is 442 cm³/mol. The van der Waals surface area contributed by atoms with Crippen molar-refractivity contribution in [3.8, 4) is 62.9 Å². The second-order valence-corrected chi connectivity index (χ2v) is 32.4. The Morgan fingerprint density at radius 1 is 0.664 bits per heavy atom. The van der Waals surface area contributed by atoms with Crippen LogP contribution in [0.2, 0.25) is 20.1 Å². The van der Waals surface area contributed by atoms with Crippen LogP contribution in [-0.4, -0.2) is 194 Å². The van der Waals surface area contributed by atoms with E-state index >= 15 is 24.0 Å². The molecule has 39 heteroatoms. The quantitative estimate of drug-likeness (QED) is 0.0402. The van der Waals surface area contributed by atoms with Crippen LogP contribution in [0.25, 0.3) is 11.1 Å². The van der Waals surface area contributed by atoms with Crippen molar-refractivity contribution in [1.29, 1.82) is 0 Å². The highest BCUT2D eigenvalue weighted by molar-refractivity contribution is 6.42. The van der Waals surface area contributed by atoms with Gasteiger partial charge in [-0.2, -0.15) is 0 Å². The zero-order valence-corrected chi connectivity index (χ0v) is 69.3. The van der Waals surface area contributed by atoms with E-state index in [0.717, 1.165) is 60.2 Å². The average Bonchev–Trinajstić information content (AvgIpc) is 0.762. The van der Waals surface area contributed by atoms with Crippen LogP contribution in [0.15, 0.2) is 121 Å². The van der Waals surface area contributed by atoms with Crippen LogP contribution in [0.3, 0.4) is 0 Å². The van der Waals surface area contributed by atoms with Gasteiger partial charge in [0.15, 0.2) is 23.9 Å². The molecule has 652 valence electrons. The van der Waals surface area contributed by atoms with Crippen molar-refractivity contribution in [2.45, 2.75) is 176 Å². The molecular weight excluding hydrogens is 1670 g/mol. The van der Waals surface area contributed by atoms with Gasteiger partial charge in [0.05, 0.1) is 44.2 Å². The lowest BCUT2D eigenvalue weighted by Gasteiger charge is -2.48. The number of hydrogen-bond acceptors (Lipinski definition) is 27. The van der Waals surface area contributed by atoms with Gasteiger partial charge in [-0.15, -0.1) is 0 Å². The molecule has 7 aliphatic heterocycles. The van der Waals surface area contributed by atoms with E-state index in [1.807, 2.05) is 13.8 Å². The normalized spacial score (nSPS) is 26.3. The number of ether oxygens (including phenoxy) is 7. The minimum atomic E-state index is -2.35. The fourth-order valence-electron chi connectivity index (χ4n) is 15.0. The number of amides is 8. The van der Waals surface area contributed by atoms with Gasteiger partial charge >= 0.3 is 0 Å². The molecule has 2 fully saturated rings. The number of likely N-dealkylation sites (N-methyl/N-ethyl adjacent to an activating group) is 1. The van der Waals surface area contributed by atoms with Crippen molar-refractivity contribution in [2.75, 3.05) is 32.0 Å². The maximum absolute atomic E-state index is 16.4. The van der Waals surface area contributed by atoms with Crippen molar-refractivity contribution >= 4 is 99.3 Å². The highest BCUT2D eigenvalue weighted by Crippen LogP contribution is 2.50. The van der Waals surface area contributed by atoms with E-state index in [1.54, 1.807) is 56.3 Å². The molecule has 7 aromatic rings. The fraction of sp³-hybridized carbons (Fsp3) is 0.398. The maximum Gasteiger partial charge on any atom is 0.248 e. The summed E-state index contributed by atoms with van der Waals surface area (Å²) in [5.74, 6) is -14.1. The minimum absolute atomic E-state index is 0.0262. The van der Waals surface area contributed by atoms with Crippen molar-refractivity contribution in [1.82, 2.24) is 42.5 Å². The highest BCUT2D eigenvalue weighted by atomic mass is 35.5. The zero-order chi connectivity index (χ0) is 88.0. The molecule has 23 N–H and O–H groups in total. The molecule has 0 saturated carbocycles. The van der Waals surface area contributed by atoms with Crippen LogP contribution in [0.1, 0.15) is 124 Å². The molecule has 0 spiro atoms. The van der Waals surface area contributed by atoms with E-state index in [4.69, 9.17) is 96.8 Å². The number of carbonyl (C=O) groups excluding carboxylic acids is 8. The molecule has 10 unspecified atom stereocenters. The molecule has 122 heavy (non-hydrogen) atoms. The number of hydrogen-bond donors (Lipinski definition) is 20. The summed E-state index contributed by atoms with van der Waals surface area (Å²) in [6.07, 6.45) is -17.6. The SMILES string of the molecule is CN[C@H](CC(C)C)C(=O)N[C@H]1C(=O)N[C@@H](CC(N)=O)C(=O)N[C@H]2C(=O)NC3C(=O)N[C@H](C(=O)N[C@@H](C(=O)NCCCCN)c4cc(O)cc(O)c4-c4cc3ccc4O)[C@H](O)c3ccc(c(Cl)c3)Oc3cc2cc(c3OC2OC(CN)C(O)C(O)C2OC2CC(C)(Nc3cccc(OCc4ccc(Cl)c(Cl)c4)c3)C(O)C(C)O2)Oc2ccc(cc2Cl)[C@H]1O. The first-order valence-electron chi connectivity index (χ1n) is 39.0. The topological polar surface area (TPSA) is 549 Å². The second-order valence-electron chi connectivity index (χ2n) is 30.8. The van der Waals surface area contributed by atoms with Crippen LogP contribution in [0.4, 0.5) is 5.69 Å². The van der Waals surface area contributed by atoms with Crippen molar-refractivity contribution in [2.24, 2.45) is 23.1 Å². The third kappa shape index (κ3) is 20.5. The molecule has 7 aromatic carbocycles. The number of aliphatic hydroxyl groups is 5. The number of primary amides is 1. The van der Waals surface area contributed by atoms with Gasteiger partial charge in [-0.3, -0.25) is 38.4 Å². The minimum Gasteiger partial charge on any atom is -0.508 e. The number of benzene rings is 7. The molecule has 11 bridgehead atoms. The lowest BCUT2D eigenvalue weighted by molar-refractivity contribution is -0.329. The third-order valence-electron chi connectivity index (χ3n) is 21.4. The molecule has 2 saturated heterocycles. The number of aromatic hydroxyl groups is 3. The van der Waals surface area contributed by atoms with Gasteiger partial charge in [-0.25, -0.2) is 0 Å². The number of rotatable bonds is 22. The Bertz CT molecular complexity index is 5120. The Labute approximate surface area is 718 Å². The third-order valence-corrected chi connectivity index (χ3v) is 22.7. The number of nitrogens with one attached hydrogen (secondary N) is 9. The lowest BCUT2D eigenvalue weighted by Crippen LogP contribution is -2.64. The summed E-state index contributed by atoms with van der Waals surface area (Å²) in [6, 6.07) is 12.4. The predicted octanol–water partition coefficient (Wildman–Crippen LogP) is 4.88. The smallest absolute Gasteiger partial charge is 0.248 e. The van der Waals surface area contributed by atoms with Crippen LogP contribution in [0.5, 0.6) is 51.7 Å². The standard InChI is InChI=1S/C83H94Cl4N12O23/c1-35(2)21-51(91-5)75(109)97-66-68(104)39-13-17-55(49(86)24-39)118-57-26-41-27-58(72(57)122-82-73(71(107)70(106)59(33-89)120-82)121-61-32-83(4,74(108)36(3)117-61)99-42-9-8-10-44(28-42)116-34-37-11-15-47(84)48(85)22-37)119-56-18-14-40(25-50(56)87)69(105)67-81(115)96-65(77(111)92-20-7-6-19-88)46-29-43(100)30-54(102)62(46)45-23-38(12-16-53(45)101)63(78(112)98-67)95-79(113)64(41)94-76(110)52(31-60(90)103)93-80(66)114/h8-18,22-30,35-36,51-52,59,61,63-71,73-74,82,91,99-102,104-108H,6-7,19-21,31-34,88-89H2,1-5H3,(H2,90,103)(H,92,111)(H,93,114)(H,94,110)(H,95,113)(H,96,115)(H,97,109)(H,98,112)/t36?,51-,52+,59?,61?,63?,64-,65-,66-,67+,68-,69-,70?,71?,73?,74?,82?,83?/m1/s1. The number of unbranched alkanes of at least 4 members (excludes halogenated alkanes) is 1. The molecule has 0 radical (unpaired) electrons. The number of aliphatic hydroxyl groups excluding tert-OH is 5. The van der Waals surface area contributed by atoms with E-state index < -0.39 is 220 Å². The Morgan fingerprint density at radius 2 is 1.33 bits per heavy atom. The van der Waals surface area contributed by atoms with Crippen molar-refractivity contribution in [3.05, 3.63) is 175 Å². The van der Waals surface area contributed by atoms with Gasteiger partial charge in [0.2, 0.25) is 59.3 Å². The van der Waals surface area contributed by atoms with Crippen molar-refractivity contribution in [3.63, 3.8) is 0 Å². The number of fused-ring (bicyclic) bond motifs is 15. The van der Waals surface area contributed by atoms with Gasteiger partial charge < -0.3 is 139 Å². The van der Waals surface area contributed by atoms with E-state index in [0.29, 0.717) is 34.3 Å². The van der Waals surface area contributed by atoms with Crippen molar-refractivity contribution < 1.29 is 112 Å². The van der Waals surface area contributed by atoms with E-state index in [9.17, 15) is 55.2 Å². The van der Waals surface area contributed by atoms with Crippen LogP contribution >= 0.6 is 46.4 Å². The van der Waals surface area contributed by atoms with Crippen LogP contribution in [0, 0.1) is 5.92 Å². The first-order chi connectivity index (χ1) is 58.0. The Hall–Kier alpha value is -10.6. The molecule has 14 rings (SSSR count). The summed E-state index contributed by atoms with van der Waals surface area (Å²) in [5.41, 5.74) is 15.4. The number of carbonyl (C=O) groups is 8. The molecule has 7 heterocycles. The van der Waals surface area contributed by atoms with E-state index in [1.165, 1.54) is 31.3 Å². The molecular formula is C83H94Cl4N12O23. The fourth-order valence-corrected chi connectivity index (χ4v) is 15.8. The van der Waals surface area contributed by atoms with Crippen LogP contribution < -0.4 is 84.0 Å². The number of anilines is 1. The number of halogens is 4. The van der Waals surface area contributed by atoms with Gasteiger partial charge in [-0.05, 0) is 165 Å². The molecule has 7 aliphatic rings. The summed E-state index contributed by atoms with van der Waals surface area (Å²) in [7, 11) is 1.48. The molecule has 8 amide bonds. The maximum atomic E-state index is 16.4. The first kappa shape index (κ1) is 90.6. The molecule has 35 nitrogen and oxygen atoms in total. The monoisotopic (exact) mass is 1770 g/mol. The second kappa shape index (κ2) is 38.9. The molecule has 0 aliphatic carbocycles. The van der Waals surface area contributed by atoms with Gasteiger partial charge in [-0.1, -0.05) is 90.6 Å². The summed E-state index contributed by atoms with van der Waals surface area (Å²) >= 11 is 26.9.